The molecule has 8 nitrogen and oxygen atoms in total. The van der Waals surface area contributed by atoms with Crippen LogP contribution in [-0.4, -0.2) is 53.9 Å². The maximum atomic E-state index is 12.6. The van der Waals surface area contributed by atoms with Gasteiger partial charge in [-0.05, 0) is 42.5 Å². The number of sulfonamides is 1. The minimum absolute atomic E-state index is 0.0311. The van der Waals surface area contributed by atoms with Crippen LogP contribution < -0.4 is 14.8 Å². The fourth-order valence-corrected chi connectivity index (χ4v) is 6.08. The van der Waals surface area contributed by atoms with Crippen molar-refractivity contribution in [2.24, 2.45) is 11.8 Å². The second-order valence-corrected chi connectivity index (χ2v) is 11.0. The number of amides is 1. The summed E-state index contributed by atoms with van der Waals surface area (Å²) in [5.41, 5.74) is 0. The monoisotopic (exact) mass is 418 g/mol. The third kappa shape index (κ3) is 5.91. The fraction of sp³-hybridized carbons (Fsp3) is 0.588. The minimum atomic E-state index is -3.89. The van der Waals surface area contributed by atoms with Crippen molar-refractivity contribution in [3.05, 3.63) is 24.3 Å². The molecule has 0 saturated carbocycles. The van der Waals surface area contributed by atoms with Crippen LogP contribution in [-0.2, 0) is 24.7 Å². The van der Waals surface area contributed by atoms with Crippen molar-refractivity contribution in [3.8, 4) is 5.75 Å². The zero-order valence-corrected chi connectivity index (χ0v) is 17.3. The first-order valence-corrected chi connectivity index (χ1v) is 12.0. The summed E-state index contributed by atoms with van der Waals surface area (Å²) in [6.45, 7) is 3.69. The lowest BCUT2D eigenvalue weighted by Gasteiger charge is -2.22. The van der Waals surface area contributed by atoms with E-state index in [1.807, 2.05) is 0 Å². The van der Waals surface area contributed by atoms with E-state index in [0.29, 0.717) is 12.2 Å². The number of hydrogen-bond donors (Lipinski definition) is 2. The van der Waals surface area contributed by atoms with Crippen molar-refractivity contribution in [1.82, 2.24) is 10.0 Å². The SMILES string of the molecule is COc1ccc(S(=O)(=O)N[C@H](C(=O)NCC2CCS(=O)(=O)C2)C(C)C)cc1. The van der Waals surface area contributed by atoms with E-state index in [4.69, 9.17) is 4.74 Å². The topological polar surface area (TPSA) is 119 Å². The smallest absolute Gasteiger partial charge is 0.241 e. The number of sulfone groups is 1. The Hall–Kier alpha value is -1.65. The van der Waals surface area contributed by atoms with Crippen LogP contribution in [0.25, 0.3) is 0 Å². The molecule has 1 amide bonds. The van der Waals surface area contributed by atoms with Crippen molar-refractivity contribution in [1.29, 1.82) is 0 Å². The Morgan fingerprint density at radius 2 is 1.89 bits per heavy atom. The molecule has 0 spiro atoms. The van der Waals surface area contributed by atoms with Crippen LogP contribution in [0.4, 0.5) is 0 Å². The van der Waals surface area contributed by atoms with Gasteiger partial charge in [0.1, 0.15) is 11.8 Å². The van der Waals surface area contributed by atoms with Crippen LogP contribution in [0.15, 0.2) is 29.2 Å². The van der Waals surface area contributed by atoms with Crippen LogP contribution in [0.5, 0.6) is 5.75 Å². The molecule has 2 N–H and O–H groups in total. The van der Waals surface area contributed by atoms with Crippen molar-refractivity contribution in [3.63, 3.8) is 0 Å². The van der Waals surface area contributed by atoms with Gasteiger partial charge in [0.15, 0.2) is 9.84 Å². The van der Waals surface area contributed by atoms with Gasteiger partial charge in [-0.25, -0.2) is 16.8 Å². The lowest BCUT2D eigenvalue weighted by atomic mass is 10.0. The summed E-state index contributed by atoms with van der Waals surface area (Å²) >= 11 is 0. The van der Waals surface area contributed by atoms with Gasteiger partial charge in [-0.1, -0.05) is 13.8 Å². The number of rotatable bonds is 8. The number of nitrogens with one attached hydrogen (secondary N) is 2. The third-order valence-electron chi connectivity index (χ3n) is 4.49. The number of benzene rings is 1. The van der Waals surface area contributed by atoms with Gasteiger partial charge in [0.25, 0.3) is 0 Å². The van der Waals surface area contributed by atoms with E-state index in [-0.39, 0.29) is 34.8 Å². The van der Waals surface area contributed by atoms with Gasteiger partial charge in [-0.2, -0.15) is 4.72 Å². The average Bonchev–Trinajstić information content (AvgIpc) is 2.96. The second kappa shape index (κ2) is 8.57. The van der Waals surface area contributed by atoms with Crippen LogP contribution >= 0.6 is 0 Å². The van der Waals surface area contributed by atoms with Gasteiger partial charge < -0.3 is 10.1 Å². The highest BCUT2D eigenvalue weighted by atomic mass is 32.2. The van der Waals surface area contributed by atoms with Gasteiger partial charge in [0.2, 0.25) is 15.9 Å². The number of methoxy groups -OCH3 is 1. The molecule has 2 atom stereocenters. The molecule has 1 heterocycles. The first kappa shape index (κ1) is 21.6. The Kier molecular flexibility index (Phi) is 6.87. The summed E-state index contributed by atoms with van der Waals surface area (Å²) < 4.78 is 55.6. The van der Waals surface area contributed by atoms with Gasteiger partial charge in [0, 0.05) is 6.54 Å². The second-order valence-electron chi connectivity index (χ2n) is 7.03. The maximum absolute atomic E-state index is 12.6. The minimum Gasteiger partial charge on any atom is -0.497 e. The molecule has 1 saturated heterocycles. The summed E-state index contributed by atoms with van der Waals surface area (Å²) in [6, 6.07) is 4.90. The van der Waals surface area contributed by atoms with E-state index in [1.54, 1.807) is 13.8 Å². The van der Waals surface area contributed by atoms with Gasteiger partial charge in [-0.3, -0.25) is 4.79 Å². The lowest BCUT2D eigenvalue weighted by Crippen LogP contribution is -2.50. The normalized spacial score (nSPS) is 20.4. The first-order valence-electron chi connectivity index (χ1n) is 8.68. The molecule has 1 unspecified atom stereocenters. The van der Waals surface area contributed by atoms with Crippen LogP contribution in [0.2, 0.25) is 0 Å². The Balaban J connectivity index is 2.03. The molecule has 10 heteroatoms. The van der Waals surface area contributed by atoms with E-state index in [9.17, 15) is 21.6 Å². The molecule has 1 aromatic carbocycles. The molecule has 1 aromatic rings. The highest BCUT2D eigenvalue weighted by Gasteiger charge is 2.31. The van der Waals surface area contributed by atoms with Crippen molar-refractivity contribution in [2.75, 3.05) is 25.2 Å². The summed E-state index contributed by atoms with van der Waals surface area (Å²) in [5, 5.41) is 2.69. The highest BCUT2D eigenvalue weighted by molar-refractivity contribution is 7.91. The number of carbonyl (C=O) groups excluding carboxylic acids is 1. The van der Waals surface area contributed by atoms with Gasteiger partial charge in [-0.15, -0.1) is 0 Å². The molecule has 1 aliphatic rings. The molecule has 2 rings (SSSR count). The molecule has 0 aliphatic carbocycles. The molecule has 1 fully saturated rings. The molecule has 152 valence electrons. The number of ether oxygens (including phenoxy) is 1. The molecular weight excluding hydrogens is 392 g/mol. The lowest BCUT2D eigenvalue weighted by molar-refractivity contribution is -0.123. The third-order valence-corrected chi connectivity index (χ3v) is 7.79. The number of hydrogen-bond acceptors (Lipinski definition) is 6. The van der Waals surface area contributed by atoms with E-state index in [0.717, 1.165) is 0 Å². The van der Waals surface area contributed by atoms with Gasteiger partial charge >= 0.3 is 0 Å². The largest absolute Gasteiger partial charge is 0.497 e. The predicted octanol–water partition coefficient (Wildman–Crippen LogP) is 0.549. The van der Waals surface area contributed by atoms with Crippen molar-refractivity contribution < 1.29 is 26.4 Å². The molecule has 1 aliphatic heterocycles. The van der Waals surface area contributed by atoms with Crippen LogP contribution in [0.3, 0.4) is 0 Å². The van der Waals surface area contributed by atoms with Crippen molar-refractivity contribution >= 4 is 25.8 Å². The summed E-state index contributed by atoms with van der Waals surface area (Å²) in [4.78, 5) is 12.5. The molecule has 27 heavy (non-hydrogen) atoms. The molecule has 0 aromatic heterocycles. The van der Waals surface area contributed by atoms with E-state index >= 15 is 0 Å². The summed E-state index contributed by atoms with van der Waals surface area (Å²) in [5.74, 6) is -0.178. The molecule has 0 bridgehead atoms. The van der Waals surface area contributed by atoms with E-state index in [1.165, 1.54) is 31.4 Å². The summed E-state index contributed by atoms with van der Waals surface area (Å²) in [7, 11) is -5.43. The number of carbonyl (C=O) groups is 1. The summed E-state index contributed by atoms with van der Waals surface area (Å²) in [6.07, 6.45) is 0.506. The average molecular weight is 419 g/mol. The molecular formula is C17H26N2O6S2. The maximum Gasteiger partial charge on any atom is 0.241 e. The quantitative estimate of drug-likeness (QED) is 0.636. The Bertz CT molecular complexity index is 863. The zero-order chi connectivity index (χ0) is 20.2. The van der Waals surface area contributed by atoms with Crippen molar-refractivity contribution in [2.45, 2.75) is 31.2 Å². The molecule has 0 radical (unpaired) electrons. The van der Waals surface area contributed by atoms with Crippen LogP contribution in [0.1, 0.15) is 20.3 Å². The van der Waals surface area contributed by atoms with E-state index in [2.05, 4.69) is 10.0 Å². The highest BCUT2D eigenvalue weighted by Crippen LogP contribution is 2.19. The standard InChI is InChI=1S/C17H26N2O6S2/c1-12(2)16(17(20)18-10-13-8-9-26(21,22)11-13)19-27(23,24)15-6-4-14(25-3)5-7-15/h4-7,12-13,16,19H,8-11H2,1-3H3,(H,18,20)/t13?,16-/m0/s1. The van der Waals surface area contributed by atoms with E-state index < -0.39 is 31.8 Å². The Labute approximate surface area is 160 Å². The van der Waals surface area contributed by atoms with Gasteiger partial charge in [0.05, 0.1) is 23.5 Å². The Morgan fingerprint density at radius 1 is 1.26 bits per heavy atom. The van der Waals surface area contributed by atoms with Crippen LogP contribution in [0, 0.1) is 11.8 Å². The first-order chi connectivity index (χ1) is 12.5. The zero-order valence-electron chi connectivity index (χ0n) is 15.6. The predicted molar refractivity (Wildman–Crippen MR) is 102 cm³/mol. The fourth-order valence-electron chi connectivity index (χ4n) is 2.87. The Morgan fingerprint density at radius 3 is 2.37 bits per heavy atom.